The molecule has 1 unspecified atom stereocenters. The van der Waals surface area contributed by atoms with E-state index in [-0.39, 0.29) is 11.1 Å². The summed E-state index contributed by atoms with van der Waals surface area (Å²) in [6.07, 6.45) is 1.89. The van der Waals surface area contributed by atoms with Crippen LogP contribution in [0.3, 0.4) is 0 Å². The number of nitrogens with one attached hydrogen (secondary N) is 2. The molecule has 0 fully saturated rings. The van der Waals surface area contributed by atoms with E-state index in [1.54, 1.807) is 0 Å². The van der Waals surface area contributed by atoms with Gasteiger partial charge in [-0.3, -0.25) is 0 Å². The maximum atomic E-state index is 11.6. The van der Waals surface area contributed by atoms with Crippen molar-refractivity contribution < 1.29 is 0 Å². The molecule has 2 rings (SSSR count). The van der Waals surface area contributed by atoms with E-state index in [2.05, 4.69) is 48.3 Å². The Morgan fingerprint density at radius 3 is 2.80 bits per heavy atom. The van der Waals surface area contributed by atoms with Crippen LogP contribution >= 0.6 is 0 Å². The second-order valence-electron chi connectivity index (χ2n) is 6.20. The molecule has 2 N–H and O–H groups in total. The average molecular weight is 277 g/mol. The van der Waals surface area contributed by atoms with Crippen LogP contribution in [0.2, 0.25) is 0 Å². The van der Waals surface area contributed by atoms with Gasteiger partial charge in [0.25, 0.3) is 0 Å². The zero-order valence-corrected chi connectivity index (χ0v) is 12.6. The molecule has 0 aliphatic heterocycles. The highest BCUT2D eigenvalue weighted by Crippen LogP contribution is 2.22. The van der Waals surface area contributed by atoms with E-state index in [1.807, 2.05) is 12.1 Å². The Morgan fingerprint density at radius 2 is 2.15 bits per heavy atom. The van der Waals surface area contributed by atoms with Crippen LogP contribution in [-0.4, -0.2) is 32.4 Å². The smallest absolute Gasteiger partial charge is 0.313 e. The van der Waals surface area contributed by atoms with E-state index >= 15 is 0 Å². The van der Waals surface area contributed by atoms with Crippen LogP contribution in [0, 0.1) is 5.41 Å². The van der Waals surface area contributed by atoms with Crippen LogP contribution in [0.4, 0.5) is 0 Å². The Balaban J connectivity index is 2.23. The Kier molecular flexibility index (Phi) is 4.23. The first-order valence-electron chi connectivity index (χ1n) is 7.08. The summed E-state index contributed by atoms with van der Waals surface area (Å²) in [5, 5.41) is 14.2. The Bertz CT molecular complexity index is 622. The van der Waals surface area contributed by atoms with E-state index in [1.165, 1.54) is 4.52 Å². The minimum absolute atomic E-state index is 0.132. The van der Waals surface area contributed by atoms with Crippen molar-refractivity contribution in [2.45, 2.75) is 46.6 Å². The quantitative estimate of drug-likeness (QED) is 0.865. The summed E-state index contributed by atoms with van der Waals surface area (Å²) in [6, 6.07) is 4.07. The Labute approximate surface area is 118 Å². The standard InChI is InChI=1S/C14H23N5O/c1-5-8-15-11(14(2,3)4)9-10-6-7-12-16-17-13(20)19(12)18-10/h6-7,11,15H,5,8-9H2,1-4H3,(H,17,20). The number of hydrogen-bond acceptors (Lipinski definition) is 4. The van der Waals surface area contributed by atoms with Crippen LogP contribution < -0.4 is 11.0 Å². The number of hydrogen-bond donors (Lipinski definition) is 2. The fourth-order valence-electron chi connectivity index (χ4n) is 2.16. The van der Waals surface area contributed by atoms with E-state index in [0.717, 1.165) is 25.1 Å². The molecular formula is C14H23N5O. The van der Waals surface area contributed by atoms with Gasteiger partial charge in [0, 0.05) is 12.5 Å². The summed E-state index contributed by atoms with van der Waals surface area (Å²) in [7, 11) is 0. The molecule has 2 aromatic heterocycles. The molecule has 0 radical (unpaired) electrons. The van der Waals surface area contributed by atoms with Crippen LogP contribution in [-0.2, 0) is 6.42 Å². The fraction of sp³-hybridized carbons (Fsp3) is 0.643. The molecular weight excluding hydrogens is 254 g/mol. The van der Waals surface area contributed by atoms with Crippen LogP contribution in [0.25, 0.3) is 5.65 Å². The molecule has 1 atom stereocenters. The topological polar surface area (TPSA) is 75.1 Å². The molecule has 6 heteroatoms. The molecule has 0 bridgehead atoms. The Hall–Kier alpha value is -1.69. The van der Waals surface area contributed by atoms with E-state index < -0.39 is 0 Å². The third kappa shape index (κ3) is 3.25. The Morgan fingerprint density at radius 1 is 1.40 bits per heavy atom. The minimum atomic E-state index is -0.296. The highest BCUT2D eigenvalue weighted by molar-refractivity contribution is 5.34. The van der Waals surface area contributed by atoms with Gasteiger partial charge < -0.3 is 5.32 Å². The van der Waals surface area contributed by atoms with Gasteiger partial charge in [-0.25, -0.2) is 9.89 Å². The van der Waals surface area contributed by atoms with E-state index in [9.17, 15) is 4.79 Å². The van der Waals surface area contributed by atoms with Crippen molar-refractivity contribution in [1.82, 2.24) is 25.1 Å². The lowest BCUT2D eigenvalue weighted by Crippen LogP contribution is -2.42. The molecule has 2 heterocycles. The number of aromatic nitrogens is 4. The largest absolute Gasteiger partial charge is 0.364 e. The van der Waals surface area contributed by atoms with Crippen LogP contribution in [0.15, 0.2) is 16.9 Å². The third-order valence-corrected chi connectivity index (χ3v) is 3.43. The van der Waals surface area contributed by atoms with Gasteiger partial charge in [0.05, 0.1) is 5.69 Å². The average Bonchev–Trinajstić information content (AvgIpc) is 2.75. The van der Waals surface area contributed by atoms with Gasteiger partial charge >= 0.3 is 5.69 Å². The third-order valence-electron chi connectivity index (χ3n) is 3.43. The summed E-state index contributed by atoms with van der Waals surface area (Å²) >= 11 is 0. The zero-order valence-electron chi connectivity index (χ0n) is 12.6. The summed E-state index contributed by atoms with van der Waals surface area (Å²) in [6.45, 7) is 9.77. The lowest BCUT2D eigenvalue weighted by molar-refractivity contribution is 0.264. The summed E-state index contributed by atoms with van der Waals surface area (Å²) < 4.78 is 1.31. The van der Waals surface area contributed by atoms with Crippen molar-refractivity contribution in [3.8, 4) is 0 Å². The van der Waals surface area contributed by atoms with Crippen molar-refractivity contribution in [2.24, 2.45) is 5.41 Å². The predicted octanol–water partition coefficient (Wildman–Crippen LogP) is 1.37. The SMILES string of the molecule is CCCNC(Cc1ccc2n[nH]c(=O)n2n1)C(C)(C)C. The second kappa shape index (κ2) is 5.75. The molecule has 20 heavy (non-hydrogen) atoms. The molecule has 110 valence electrons. The van der Waals surface area contributed by atoms with Gasteiger partial charge in [-0.2, -0.15) is 14.7 Å². The van der Waals surface area contributed by atoms with Gasteiger partial charge in [0.2, 0.25) is 0 Å². The van der Waals surface area contributed by atoms with E-state index in [0.29, 0.717) is 11.7 Å². The zero-order chi connectivity index (χ0) is 14.8. The lowest BCUT2D eigenvalue weighted by Gasteiger charge is -2.31. The first-order chi connectivity index (χ1) is 9.41. The summed E-state index contributed by atoms with van der Waals surface area (Å²) in [5.41, 5.74) is 1.28. The van der Waals surface area contributed by atoms with Crippen molar-refractivity contribution in [2.75, 3.05) is 6.54 Å². The van der Waals surface area contributed by atoms with Gasteiger partial charge in [0.1, 0.15) is 0 Å². The number of nitrogens with zero attached hydrogens (tertiary/aromatic N) is 3. The van der Waals surface area contributed by atoms with Gasteiger partial charge in [-0.05, 0) is 30.5 Å². The van der Waals surface area contributed by atoms with Crippen LogP contribution in [0.1, 0.15) is 39.8 Å². The van der Waals surface area contributed by atoms with Gasteiger partial charge in [0.15, 0.2) is 5.65 Å². The highest BCUT2D eigenvalue weighted by atomic mass is 16.2. The van der Waals surface area contributed by atoms with Gasteiger partial charge in [-0.15, -0.1) is 0 Å². The number of H-pyrrole nitrogens is 1. The normalized spacial score (nSPS) is 13.8. The first kappa shape index (κ1) is 14.7. The number of aromatic amines is 1. The van der Waals surface area contributed by atoms with Crippen molar-refractivity contribution in [3.05, 3.63) is 28.3 Å². The molecule has 0 aliphatic carbocycles. The molecule has 0 aromatic carbocycles. The molecule has 6 nitrogen and oxygen atoms in total. The number of fused-ring (bicyclic) bond motifs is 1. The highest BCUT2D eigenvalue weighted by Gasteiger charge is 2.24. The van der Waals surface area contributed by atoms with Crippen molar-refractivity contribution in [1.29, 1.82) is 0 Å². The molecule has 2 aromatic rings. The minimum Gasteiger partial charge on any atom is -0.313 e. The first-order valence-corrected chi connectivity index (χ1v) is 7.08. The van der Waals surface area contributed by atoms with Gasteiger partial charge in [-0.1, -0.05) is 27.7 Å². The molecule has 0 spiro atoms. The number of rotatable bonds is 5. The molecule has 0 saturated heterocycles. The van der Waals surface area contributed by atoms with Crippen molar-refractivity contribution >= 4 is 5.65 Å². The predicted molar refractivity (Wildman–Crippen MR) is 78.8 cm³/mol. The van der Waals surface area contributed by atoms with E-state index in [4.69, 9.17) is 0 Å². The van der Waals surface area contributed by atoms with Crippen LogP contribution in [0.5, 0.6) is 0 Å². The van der Waals surface area contributed by atoms with Crippen molar-refractivity contribution in [3.63, 3.8) is 0 Å². The molecule has 0 saturated carbocycles. The lowest BCUT2D eigenvalue weighted by atomic mass is 9.84. The summed E-state index contributed by atoms with van der Waals surface area (Å²) in [5.74, 6) is 0. The molecule has 0 amide bonds. The maximum Gasteiger partial charge on any atom is 0.364 e. The maximum absolute atomic E-state index is 11.6. The summed E-state index contributed by atoms with van der Waals surface area (Å²) in [4.78, 5) is 11.6. The monoisotopic (exact) mass is 277 g/mol. The second-order valence-corrected chi connectivity index (χ2v) is 6.20. The fourth-order valence-corrected chi connectivity index (χ4v) is 2.16. The molecule has 0 aliphatic rings.